The first-order valence-corrected chi connectivity index (χ1v) is 7.45. The highest BCUT2D eigenvalue weighted by Crippen LogP contribution is 2.23. The number of anilines is 2. The summed E-state index contributed by atoms with van der Waals surface area (Å²) < 4.78 is 32.5. The minimum atomic E-state index is -0.566. The highest BCUT2D eigenvalue weighted by Gasteiger charge is 2.23. The second-order valence-corrected chi connectivity index (χ2v) is 5.79. The van der Waals surface area contributed by atoms with Crippen molar-refractivity contribution in [2.75, 3.05) is 50.1 Å². The van der Waals surface area contributed by atoms with Crippen molar-refractivity contribution in [2.24, 2.45) is 0 Å². The van der Waals surface area contributed by atoms with Crippen LogP contribution in [0.15, 0.2) is 22.6 Å². The summed E-state index contributed by atoms with van der Waals surface area (Å²) in [6.45, 7) is 3.08. The van der Waals surface area contributed by atoms with Gasteiger partial charge in [0.1, 0.15) is 11.6 Å². The lowest BCUT2D eigenvalue weighted by molar-refractivity contribution is 0.341. The molecule has 0 N–H and O–H groups in total. The van der Waals surface area contributed by atoms with Crippen molar-refractivity contribution in [1.82, 2.24) is 15.1 Å². The molecule has 6 nitrogen and oxygen atoms in total. The molecule has 0 atom stereocenters. The lowest BCUT2D eigenvalue weighted by atomic mass is 10.2. The molecule has 2 aromatic rings. The second kappa shape index (κ2) is 6.49. The zero-order chi connectivity index (χ0) is 16.4. The van der Waals surface area contributed by atoms with E-state index in [1.807, 2.05) is 28.8 Å². The topological polar surface area (TPSA) is 48.6 Å². The number of hydrogen-bond donors (Lipinski definition) is 0. The van der Waals surface area contributed by atoms with E-state index in [-0.39, 0.29) is 0 Å². The van der Waals surface area contributed by atoms with Crippen molar-refractivity contribution in [1.29, 1.82) is 0 Å². The van der Waals surface area contributed by atoms with Gasteiger partial charge in [0, 0.05) is 32.2 Å². The maximum atomic E-state index is 13.8. The molecule has 0 unspecified atom stereocenters. The van der Waals surface area contributed by atoms with Gasteiger partial charge >= 0.3 is 6.01 Å². The molecule has 1 aliphatic rings. The first-order chi connectivity index (χ1) is 11.0. The van der Waals surface area contributed by atoms with Gasteiger partial charge in [-0.15, -0.1) is 5.10 Å². The Hall–Kier alpha value is -2.22. The predicted octanol–water partition coefficient (Wildman–Crippen LogP) is 1.74. The van der Waals surface area contributed by atoms with E-state index >= 15 is 0 Å². The van der Waals surface area contributed by atoms with E-state index in [9.17, 15) is 8.78 Å². The van der Waals surface area contributed by atoms with Crippen LogP contribution in [-0.2, 0) is 6.54 Å². The molecule has 0 bridgehead atoms. The largest absolute Gasteiger partial charge is 0.407 e. The van der Waals surface area contributed by atoms with E-state index in [1.165, 1.54) is 12.1 Å². The molecule has 124 valence electrons. The van der Waals surface area contributed by atoms with Crippen LogP contribution in [0, 0.1) is 11.6 Å². The molecule has 1 aliphatic heterocycles. The third-order valence-electron chi connectivity index (χ3n) is 3.71. The number of halogens is 2. The Bertz CT molecular complexity index is 668. The van der Waals surface area contributed by atoms with Gasteiger partial charge < -0.3 is 19.1 Å². The molecule has 0 saturated carbocycles. The van der Waals surface area contributed by atoms with E-state index < -0.39 is 11.6 Å². The summed E-state index contributed by atoms with van der Waals surface area (Å²) >= 11 is 0. The lowest BCUT2D eigenvalue weighted by Gasteiger charge is -2.35. The van der Waals surface area contributed by atoms with Crippen LogP contribution in [0.1, 0.15) is 5.89 Å². The van der Waals surface area contributed by atoms with Crippen LogP contribution >= 0.6 is 0 Å². The molecule has 1 fully saturated rings. The molecular formula is C15H19F2N5O. The zero-order valence-corrected chi connectivity index (χ0v) is 13.2. The summed E-state index contributed by atoms with van der Waals surface area (Å²) in [6.07, 6.45) is 0. The quantitative estimate of drug-likeness (QED) is 0.854. The molecule has 8 heteroatoms. The molecule has 3 rings (SSSR count). The number of benzene rings is 1. The van der Waals surface area contributed by atoms with Crippen LogP contribution in [0.5, 0.6) is 0 Å². The summed E-state index contributed by atoms with van der Waals surface area (Å²) in [5.74, 6) is -0.536. The molecule has 2 heterocycles. The molecular weight excluding hydrogens is 304 g/mol. The van der Waals surface area contributed by atoms with Gasteiger partial charge in [-0.1, -0.05) is 5.10 Å². The van der Waals surface area contributed by atoms with Gasteiger partial charge in [-0.2, -0.15) is 0 Å². The number of rotatable bonds is 4. The first-order valence-electron chi connectivity index (χ1n) is 7.45. The van der Waals surface area contributed by atoms with Gasteiger partial charge in [0.05, 0.1) is 12.2 Å². The van der Waals surface area contributed by atoms with Crippen molar-refractivity contribution >= 4 is 11.7 Å². The van der Waals surface area contributed by atoms with Crippen molar-refractivity contribution < 1.29 is 13.2 Å². The van der Waals surface area contributed by atoms with Crippen LogP contribution in [0.25, 0.3) is 0 Å². The van der Waals surface area contributed by atoms with Gasteiger partial charge in [-0.3, -0.25) is 0 Å². The van der Waals surface area contributed by atoms with Gasteiger partial charge in [0.25, 0.3) is 0 Å². The van der Waals surface area contributed by atoms with Crippen LogP contribution in [0.3, 0.4) is 0 Å². The van der Waals surface area contributed by atoms with Crippen LogP contribution in [-0.4, -0.2) is 55.4 Å². The standard InChI is InChI=1S/C15H19F2N5O/c1-20(2)10-14-18-19-15(23-14)22-7-5-21(6-8-22)13-4-3-11(16)9-12(13)17/h3-4,9H,5-8,10H2,1-2H3. The highest BCUT2D eigenvalue weighted by molar-refractivity contribution is 5.49. The fraction of sp³-hybridized carbons (Fsp3) is 0.467. The Morgan fingerprint density at radius 3 is 2.43 bits per heavy atom. The van der Waals surface area contributed by atoms with Crippen molar-refractivity contribution in [3.63, 3.8) is 0 Å². The Morgan fingerprint density at radius 2 is 1.78 bits per heavy atom. The van der Waals surface area contributed by atoms with E-state index in [4.69, 9.17) is 4.42 Å². The fourth-order valence-electron chi connectivity index (χ4n) is 2.58. The summed E-state index contributed by atoms with van der Waals surface area (Å²) in [5.41, 5.74) is 0.421. The third kappa shape index (κ3) is 3.58. The lowest BCUT2D eigenvalue weighted by Crippen LogP contribution is -2.47. The summed E-state index contributed by atoms with van der Waals surface area (Å²) in [5, 5.41) is 8.08. The van der Waals surface area contributed by atoms with Crippen LogP contribution in [0.4, 0.5) is 20.5 Å². The average molecular weight is 323 g/mol. The number of hydrogen-bond acceptors (Lipinski definition) is 6. The Balaban J connectivity index is 1.63. The Morgan fingerprint density at radius 1 is 1.09 bits per heavy atom. The van der Waals surface area contributed by atoms with Gasteiger partial charge in [-0.05, 0) is 26.2 Å². The predicted molar refractivity (Wildman–Crippen MR) is 82.5 cm³/mol. The molecule has 1 aromatic heterocycles. The highest BCUT2D eigenvalue weighted by atomic mass is 19.1. The van der Waals surface area contributed by atoms with E-state index in [0.717, 1.165) is 6.07 Å². The molecule has 0 aliphatic carbocycles. The maximum Gasteiger partial charge on any atom is 0.318 e. The van der Waals surface area contributed by atoms with Crippen LogP contribution in [0.2, 0.25) is 0 Å². The van der Waals surface area contributed by atoms with Crippen LogP contribution < -0.4 is 9.80 Å². The van der Waals surface area contributed by atoms with E-state index in [1.54, 1.807) is 0 Å². The number of nitrogens with zero attached hydrogens (tertiary/aromatic N) is 5. The molecule has 0 spiro atoms. The minimum Gasteiger partial charge on any atom is -0.407 e. The Labute approximate surface area is 133 Å². The van der Waals surface area contributed by atoms with Gasteiger partial charge in [0.15, 0.2) is 0 Å². The first kappa shape index (κ1) is 15.7. The molecule has 0 radical (unpaired) electrons. The molecule has 0 amide bonds. The Kier molecular flexibility index (Phi) is 4.42. The zero-order valence-electron chi connectivity index (χ0n) is 13.2. The smallest absolute Gasteiger partial charge is 0.318 e. The van der Waals surface area contributed by atoms with Crippen molar-refractivity contribution in [3.05, 3.63) is 35.7 Å². The van der Waals surface area contributed by atoms with E-state index in [2.05, 4.69) is 10.2 Å². The van der Waals surface area contributed by atoms with Gasteiger partial charge in [-0.25, -0.2) is 8.78 Å². The summed E-state index contributed by atoms with van der Waals surface area (Å²) in [4.78, 5) is 5.82. The monoisotopic (exact) mass is 323 g/mol. The molecule has 23 heavy (non-hydrogen) atoms. The fourth-order valence-corrected chi connectivity index (χ4v) is 2.58. The molecule has 1 saturated heterocycles. The summed E-state index contributed by atoms with van der Waals surface area (Å²) in [6, 6.07) is 4.15. The van der Waals surface area contributed by atoms with Crippen molar-refractivity contribution in [2.45, 2.75) is 6.54 Å². The number of aromatic nitrogens is 2. The molecule has 1 aromatic carbocycles. The van der Waals surface area contributed by atoms with Gasteiger partial charge in [0.2, 0.25) is 5.89 Å². The minimum absolute atomic E-state index is 0.421. The average Bonchev–Trinajstić information content (AvgIpc) is 2.95. The normalized spacial score (nSPS) is 15.5. The van der Waals surface area contributed by atoms with E-state index in [0.29, 0.717) is 50.3 Å². The summed E-state index contributed by atoms with van der Waals surface area (Å²) in [7, 11) is 3.86. The second-order valence-electron chi connectivity index (χ2n) is 5.79. The number of piperazine rings is 1. The maximum absolute atomic E-state index is 13.8. The SMILES string of the molecule is CN(C)Cc1nnc(N2CCN(c3ccc(F)cc3F)CC2)o1. The third-order valence-corrected chi connectivity index (χ3v) is 3.71. The van der Waals surface area contributed by atoms with Crippen molar-refractivity contribution in [3.8, 4) is 0 Å².